The predicted octanol–water partition coefficient (Wildman–Crippen LogP) is 7.86. The van der Waals surface area contributed by atoms with Gasteiger partial charge in [-0.15, -0.1) is 0 Å². The number of hydrogen-bond donors (Lipinski definition) is 2. The first kappa shape index (κ1) is 40.5. The van der Waals surface area contributed by atoms with Crippen LogP contribution in [0.4, 0.5) is 67.6 Å². The van der Waals surface area contributed by atoms with Gasteiger partial charge in [-0.2, -0.15) is 57.1 Å². The van der Waals surface area contributed by atoms with Crippen LogP contribution >= 0.6 is 0 Å². The zero-order valence-electron chi connectivity index (χ0n) is 25.7. The summed E-state index contributed by atoms with van der Waals surface area (Å²) >= 11 is 0. The number of hydrogen-bond acceptors (Lipinski definition) is 4. The molecule has 2 aromatic carbocycles. The number of fused-ring (bicyclic) bond motifs is 1. The third kappa shape index (κ3) is 8.15. The summed E-state index contributed by atoms with van der Waals surface area (Å²) in [7, 11) is 0. The standard InChI is InChI=1S/C30H29F13N2O5/c1-2-49-22(23(46)47)14-17-6-10-21(11-7-17)50-13-12-45(24(48)44-20-9-8-18-4-3-5-19(18)15-20)16-25(31,32)26(33,34)27(35,36)28(37,38)29(39,40)30(41,42)43/h6-11,15,22H,2-5,12-14,16H2,1H3,(H,44,48)(H,46,47). The van der Waals surface area contributed by atoms with Crippen LogP contribution < -0.4 is 10.1 Å². The number of anilines is 1. The molecule has 1 aliphatic carbocycles. The van der Waals surface area contributed by atoms with Crippen molar-refractivity contribution >= 4 is 17.7 Å². The van der Waals surface area contributed by atoms with Crippen LogP contribution in [-0.4, -0.2) is 90.2 Å². The number of alkyl halides is 13. The second kappa shape index (κ2) is 14.7. The minimum absolute atomic E-state index is 0.0753. The number of aryl methyl sites for hydroxylation is 2. The SMILES string of the molecule is CCOC(Cc1ccc(OCCN(CC(F)(F)C(F)(F)C(F)(F)C(F)(F)C(F)(F)C(F)(F)F)C(=O)Nc2ccc3c(c2)CCC3)cc1)C(=O)O. The first-order chi connectivity index (χ1) is 22.9. The van der Waals surface area contributed by atoms with Crippen LogP contribution in [0.3, 0.4) is 0 Å². The molecule has 2 aromatic rings. The van der Waals surface area contributed by atoms with E-state index in [0.29, 0.717) is 24.0 Å². The zero-order valence-corrected chi connectivity index (χ0v) is 25.7. The van der Waals surface area contributed by atoms with Crippen molar-refractivity contribution in [2.75, 3.05) is 31.6 Å². The van der Waals surface area contributed by atoms with Crippen molar-refractivity contribution in [2.24, 2.45) is 0 Å². The largest absolute Gasteiger partial charge is 0.492 e. The molecule has 0 aromatic heterocycles. The maximum atomic E-state index is 14.8. The highest BCUT2D eigenvalue weighted by Crippen LogP contribution is 2.60. The fourth-order valence-corrected chi connectivity index (χ4v) is 4.87. The van der Waals surface area contributed by atoms with Crippen molar-refractivity contribution < 1.29 is 81.2 Å². The molecule has 280 valence electrons. The monoisotopic (exact) mass is 744 g/mol. The van der Waals surface area contributed by atoms with Gasteiger partial charge in [-0.25, -0.2) is 9.59 Å². The van der Waals surface area contributed by atoms with Crippen molar-refractivity contribution in [3.8, 4) is 5.75 Å². The van der Waals surface area contributed by atoms with Gasteiger partial charge in [-0.1, -0.05) is 18.2 Å². The van der Waals surface area contributed by atoms with Crippen LogP contribution in [0, 0.1) is 0 Å². The van der Waals surface area contributed by atoms with Crippen molar-refractivity contribution in [3.63, 3.8) is 0 Å². The summed E-state index contributed by atoms with van der Waals surface area (Å²) in [6.07, 6.45) is -6.94. The Kier molecular flexibility index (Phi) is 11.9. The Labute approximate surface area is 275 Å². The van der Waals surface area contributed by atoms with Crippen molar-refractivity contribution in [1.29, 1.82) is 0 Å². The summed E-state index contributed by atoms with van der Waals surface area (Å²) in [5, 5.41) is 11.2. The van der Waals surface area contributed by atoms with Crippen LogP contribution in [0.15, 0.2) is 42.5 Å². The summed E-state index contributed by atoms with van der Waals surface area (Å²) in [5.74, 6) is -39.4. The van der Waals surface area contributed by atoms with Gasteiger partial charge >= 0.3 is 47.8 Å². The number of carbonyl (C=O) groups excluding carboxylic acids is 1. The van der Waals surface area contributed by atoms with Gasteiger partial charge < -0.3 is 24.8 Å². The Hall–Kier alpha value is -3.97. The normalized spacial score (nSPS) is 15.0. The summed E-state index contributed by atoms with van der Waals surface area (Å²) < 4.78 is 189. The Morgan fingerprint density at radius 2 is 1.40 bits per heavy atom. The minimum atomic E-state index is -8.08. The average Bonchev–Trinajstić information content (AvgIpc) is 3.48. The van der Waals surface area contributed by atoms with E-state index in [1.54, 1.807) is 6.92 Å². The number of amides is 2. The molecule has 0 aliphatic heterocycles. The first-order valence-electron chi connectivity index (χ1n) is 14.6. The molecule has 0 fully saturated rings. The number of aliphatic carboxylic acids is 1. The molecule has 0 spiro atoms. The smallest absolute Gasteiger partial charge is 0.460 e. The van der Waals surface area contributed by atoms with Crippen molar-refractivity contribution in [2.45, 2.75) is 74.5 Å². The molecular weight excluding hydrogens is 715 g/mol. The maximum Gasteiger partial charge on any atom is 0.460 e. The highest BCUT2D eigenvalue weighted by molar-refractivity contribution is 5.89. The summed E-state index contributed by atoms with van der Waals surface area (Å²) in [5.41, 5.74) is 1.90. The summed E-state index contributed by atoms with van der Waals surface area (Å²) in [6.45, 7) is -3.27. The number of halogens is 13. The molecule has 0 heterocycles. The molecule has 2 amide bonds. The first-order valence-corrected chi connectivity index (χ1v) is 14.6. The van der Waals surface area contributed by atoms with E-state index in [-0.39, 0.29) is 29.4 Å². The summed E-state index contributed by atoms with van der Waals surface area (Å²) in [4.78, 5) is 24.0. The Morgan fingerprint density at radius 1 is 0.820 bits per heavy atom. The molecule has 2 N–H and O–H groups in total. The molecule has 1 aliphatic rings. The van der Waals surface area contributed by atoms with Crippen LogP contribution in [-0.2, 0) is 28.8 Å². The third-order valence-corrected chi connectivity index (χ3v) is 7.64. The second-order valence-corrected chi connectivity index (χ2v) is 11.2. The summed E-state index contributed by atoms with van der Waals surface area (Å²) in [6, 6.07) is 7.68. The van der Waals surface area contributed by atoms with E-state index >= 15 is 0 Å². The Morgan fingerprint density at radius 3 is 1.96 bits per heavy atom. The van der Waals surface area contributed by atoms with E-state index in [0.717, 1.165) is 12.0 Å². The van der Waals surface area contributed by atoms with Gasteiger partial charge in [0.25, 0.3) is 0 Å². The topological polar surface area (TPSA) is 88.1 Å². The molecule has 1 atom stereocenters. The van der Waals surface area contributed by atoms with Crippen LogP contribution in [0.5, 0.6) is 5.75 Å². The van der Waals surface area contributed by atoms with Crippen molar-refractivity contribution in [1.82, 2.24) is 4.90 Å². The fraction of sp³-hybridized carbons (Fsp3) is 0.533. The second-order valence-electron chi connectivity index (χ2n) is 11.2. The number of carboxylic acid groups (broad SMARTS) is 1. The third-order valence-electron chi connectivity index (χ3n) is 7.64. The van der Waals surface area contributed by atoms with Gasteiger partial charge in [0.05, 0.1) is 13.1 Å². The molecule has 0 bridgehead atoms. The lowest BCUT2D eigenvalue weighted by Crippen LogP contribution is -2.71. The fourth-order valence-electron chi connectivity index (χ4n) is 4.87. The number of nitrogens with zero attached hydrogens (tertiary/aromatic N) is 1. The molecule has 0 radical (unpaired) electrons. The number of urea groups is 1. The van der Waals surface area contributed by atoms with E-state index in [4.69, 9.17) is 9.47 Å². The number of carboxylic acids is 1. The molecule has 7 nitrogen and oxygen atoms in total. The molecule has 20 heteroatoms. The lowest BCUT2D eigenvalue weighted by molar-refractivity contribution is -0.439. The predicted molar refractivity (Wildman–Crippen MR) is 149 cm³/mol. The molecule has 0 saturated heterocycles. The maximum absolute atomic E-state index is 14.8. The molecule has 0 saturated carbocycles. The Bertz CT molecular complexity index is 1500. The van der Waals surface area contributed by atoms with Gasteiger partial charge in [-0.05, 0) is 67.1 Å². The van der Waals surface area contributed by atoms with Crippen LogP contribution in [0.1, 0.15) is 30.0 Å². The number of rotatable bonds is 16. The van der Waals surface area contributed by atoms with Gasteiger partial charge in [0.1, 0.15) is 12.4 Å². The van der Waals surface area contributed by atoms with E-state index in [9.17, 15) is 71.8 Å². The van der Waals surface area contributed by atoms with E-state index in [1.165, 1.54) is 42.5 Å². The number of ether oxygens (including phenoxy) is 2. The molecular formula is C30H29F13N2O5. The molecule has 1 unspecified atom stereocenters. The zero-order chi connectivity index (χ0) is 37.9. The molecule has 50 heavy (non-hydrogen) atoms. The van der Waals surface area contributed by atoms with E-state index < -0.39 is 73.6 Å². The van der Waals surface area contributed by atoms with Gasteiger partial charge in [0.15, 0.2) is 6.10 Å². The average molecular weight is 745 g/mol. The number of carbonyl (C=O) groups is 2. The minimum Gasteiger partial charge on any atom is -0.492 e. The quantitative estimate of drug-likeness (QED) is 0.171. The highest BCUT2D eigenvalue weighted by Gasteiger charge is 2.90. The van der Waals surface area contributed by atoms with Gasteiger partial charge in [-0.3, -0.25) is 0 Å². The number of benzene rings is 2. The van der Waals surface area contributed by atoms with Gasteiger partial charge in [0.2, 0.25) is 0 Å². The van der Waals surface area contributed by atoms with Crippen molar-refractivity contribution in [3.05, 3.63) is 59.2 Å². The highest BCUT2D eigenvalue weighted by atomic mass is 19.4. The van der Waals surface area contributed by atoms with Crippen LogP contribution in [0.25, 0.3) is 0 Å². The lowest BCUT2D eigenvalue weighted by Gasteiger charge is -2.40. The van der Waals surface area contributed by atoms with Gasteiger partial charge in [0, 0.05) is 18.7 Å². The molecule has 3 rings (SSSR count). The van der Waals surface area contributed by atoms with E-state index in [2.05, 4.69) is 0 Å². The number of nitrogens with one attached hydrogen (secondary N) is 1. The van der Waals surface area contributed by atoms with E-state index in [1.807, 2.05) is 5.32 Å². The van der Waals surface area contributed by atoms with Crippen LogP contribution in [0.2, 0.25) is 0 Å². The Balaban J connectivity index is 1.85. The lowest BCUT2D eigenvalue weighted by atomic mass is 9.93.